The van der Waals surface area contributed by atoms with Crippen LogP contribution in [0, 0.1) is 0 Å². The van der Waals surface area contributed by atoms with Crippen molar-refractivity contribution in [2.24, 2.45) is 5.73 Å². The minimum atomic E-state index is 0.0498. The largest absolute Gasteiger partial charge is 0.355 e. The maximum Gasteiger partial charge on any atom is 0.221 e. The number of hydrogen-bond acceptors (Lipinski definition) is 2. The molecule has 0 atom stereocenters. The van der Waals surface area contributed by atoms with Crippen molar-refractivity contribution >= 4 is 21.8 Å². The molecule has 1 aliphatic rings. The Balaban J connectivity index is 1.98. The van der Waals surface area contributed by atoms with Gasteiger partial charge in [-0.3, -0.25) is 4.79 Å². The van der Waals surface area contributed by atoms with Gasteiger partial charge < -0.3 is 11.1 Å². The van der Waals surface area contributed by atoms with Crippen molar-refractivity contribution in [3.8, 4) is 0 Å². The summed E-state index contributed by atoms with van der Waals surface area (Å²) in [5.74, 6) is 0.0498. The van der Waals surface area contributed by atoms with Crippen LogP contribution in [-0.2, 0) is 10.2 Å². The van der Waals surface area contributed by atoms with Crippen LogP contribution in [0.25, 0.3) is 0 Å². The number of hydrogen-bond donors (Lipinski definition) is 2. The second-order valence-corrected chi connectivity index (χ2v) is 5.52. The van der Waals surface area contributed by atoms with E-state index in [1.165, 1.54) is 5.56 Å². The first-order valence-corrected chi connectivity index (χ1v) is 6.68. The molecule has 1 amide bonds. The molecular weight excluding hydrogens is 280 g/mol. The lowest BCUT2D eigenvalue weighted by Crippen LogP contribution is -2.33. The van der Waals surface area contributed by atoms with Crippen molar-refractivity contribution in [1.29, 1.82) is 0 Å². The monoisotopic (exact) mass is 296 g/mol. The maximum atomic E-state index is 11.4. The Morgan fingerprint density at radius 3 is 2.82 bits per heavy atom. The minimum Gasteiger partial charge on any atom is -0.355 e. The number of amides is 1. The molecule has 0 saturated heterocycles. The summed E-state index contributed by atoms with van der Waals surface area (Å²) < 4.78 is 1.09. The summed E-state index contributed by atoms with van der Waals surface area (Å²) in [6, 6.07) is 8.34. The number of rotatable bonds is 5. The molecule has 17 heavy (non-hydrogen) atoms. The molecule has 0 spiro atoms. The van der Waals surface area contributed by atoms with Gasteiger partial charge in [-0.25, -0.2) is 0 Å². The van der Waals surface area contributed by atoms with E-state index in [9.17, 15) is 4.79 Å². The Morgan fingerprint density at radius 2 is 2.24 bits per heavy atom. The van der Waals surface area contributed by atoms with Gasteiger partial charge in [0.1, 0.15) is 0 Å². The summed E-state index contributed by atoms with van der Waals surface area (Å²) >= 11 is 3.48. The molecule has 3 N–H and O–H groups in total. The Hall–Kier alpha value is -0.870. The van der Waals surface area contributed by atoms with Gasteiger partial charge in [0.2, 0.25) is 5.91 Å². The van der Waals surface area contributed by atoms with Crippen LogP contribution >= 0.6 is 15.9 Å². The van der Waals surface area contributed by atoms with Crippen LogP contribution < -0.4 is 11.1 Å². The van der Waals surface area contributed by atoms with Crippen LogP contribution in [0.15, 0.2) is 28.7 Å². The molecule has 1 aromatic carbocycles. The second-order valence-electron chi connectivity index (χ2n) is 4.61. The Kier molecular flexibility index (Phi) is 3.84. The summed E-state index contributed by atoms with van der Waals surface area (Å²) in [4.78, 5) is 11.4. The third-order valence-corrected chi connectivity index (χ3v) is 3.78. The van der Waals surface area contributed by atoms with E-state index >= 15 is 0 Å². The van der Waals surface area contributed by atoms with Crippen molar-refractivity contribution in [2.45, 2.75) is 24.7 Å². The van der Waals surface area contributed by atoms with Gasteiger partial charge in [-0.2, -0.15) is 0 Å². The van der Waals surface area contributed by atoms with Crippen LogP contribution in [0.1, 0.15) is 24.8 Å². The molecule has 3 nitrogen and oxygen atoms in total. The molecule has 1 fully saturated rings. The minimum absolute atomic E-state index is 0.0498. The molecule has 92 valence electrons. The van der Waals surface area contributed by atoms with Crippen LogP contribution in [0.3, 0.4) is 0 Å². The first kappa shape index (κ1) is 12.6. The number of carbonyl (C=O) groups excluding carboxylic acids is 1. The lowest BCUT2D eigenvalue weighted by molar-refractivity contribution is -0.121. The normalized spacial score (nSPS) is 16.6. The predicted molar refractivity (Wildman–Crippen MR) is 71.7 cm³/mol. The molecular formula is C13H17BrN2O. The second kappa shape index (κ2) is 5.19. The molecule has 1 aromatic rings. The van der Waals surface area contributed by atoms with E-state index in [0.29, 0.717) is 13.0 Å². The number of halogens is 1. The van der Waals surface area contributed by atoms with Gasteiger partial charge in [0.25, 0.3) is 0 Å². The summed E-state index contributed by atoms with van der Waals surface area (Å²) in [6.45, 7) is 1.14. The van der Waals surface area contributed by atoms with Gasteiger partial charge in [-0.1, -0.05) is 28.1 Å². The summed E-state index contributed by atoms with van der Waals surface area (Å²) in [5, 5.41) is 2.97. The molecule has 0 radical (unpaired) electrons. The standard InChI is InChI=1S/C13H17BrN2O/c14-11-3-1-2-10(8-11)13(5-6-13)9-16-12(17)4-7-15/h1-3,8H,4-7,9,15H2,(H,16,17). The van der Waals surface area contributed by atoms with Crippen molar-refractivity contribution in [2.75, 3.05) is 13.1 Å². The maximum absolute atomic E-state index is 11.4. The third-order valence-electron chi connectivity index (χ3n) is 3.29. The molecule has 0 heterocycles. The van der Waals surface area contributed by atoms with Crippen molar-refractivity contribution in [1.82, 2.24) is 5.32 Å². The van der Waals surface area contributed by atoms with E-state index in [4.69, 9.17) is 5.73 Å². The third kappa shape index (κ3) is 3.07. The smallest absolute Gasteiger partial charge is 0.221 e. The molecule has 0 bridgehead atoms. The highest BCUT2D eigenvalue weighted by Gasteiger charge is 2.44. The highest BCUT2D eigenvalue weighted by atomic mass is 79.9. The van der Waals surface area contributed by atoms with E-state index in [-0.39, 0.29) is 11.3 Å². The zero-order valence-electron chi connectivity index (χ0n) is 9.71. The van der Waals surface area contributed by atoms with Gasteiger partial charge in [0, 0.05) is 29.4 Å². The Morgan fingerprint density at radius 1 is 1.47 bits per heavy atom. The Labute approximate surface area is 110 Å². The van der Waals surface area contributed by atoms with Gasteiger partial charge in [-0.15, -0.1) is 0 Å². The number of nitrogens with two attached hydrogens (primary N) is 1. The quantitative estimate of drug-likeness (QED) is 0.872. The predicted octanol–water partition coefficient (Wildman–Crippen LogP) is 1.95. The zero-order chi connectivity index (χ0) is 12.3. The van der Waals surface area contributed by atoms with E-state index in [0.717, 1.165) is 23.9 Å². The number of nitrogens with one attached hydrogen (secondary N) is 1. The lowest BCUT2D eigenvalue weighted by atomic mass is 9.96. The first-order chi connectivity index (χ1) is 8.16. The summed E-state index contributed by atoms with van der Waals surface area (Å²) in [7, 11) is 0. The average Bonchev–Trinajstić information content (AvgIpc) is 3.08. The molecule has 1 saturated carbocycles. The SMILES string of the molecule is NCCC(=O)NCC1(c2cccc(Br)c2)CC1. The van der Waals surface area contributed by atoms with E-state index in [1.54, 1.807) is 0 Å². The van der Waals surface area contributed by atoms with Gasteiger partial charge >= 0.3 is 0 Å². The van der Waals surface area contributed by atoms with Gasteiger partial charge in [0.05, 0.1) is 0 Å². The van der Waals surface area contributed by atoms with Gasteiger partial charge in [0.15, 0.2) is 0 Å². The molecule has 0 aliphatic heterocycles. The fourth-order valence-electron chi connectivity index (χ4n) is 2.02. The highest BCUT2D eigenvalue weighted by molar-refractivity contribution is 9.10. The van der Waals surface area contributed by atoms with Crippen LogP contribution in [-0.4, -0.2) is 19.0 Å². The number of benzene rings is 1. The molecule has 0 aromatic heterocycles. The molecule has 1 aliphatic carbocycles. The first-order valence-electron chi connectivity index (χ1n) is 5.89. The highest BCUT2D eigenvalue weighted by Crippen LogP contribution is 2.48. The van der Waals surface area contributed by atoms with E-state index < -0.39 is 0 Å². The van der Waals surface area contributed by atoms with Crippen LogP contribution in [0.5, 0.6) is 0 Å². The fourth-order valence-corrected chi connectivity index (χ4v) is 2.42. The van der Waals surface area contributed by atoms with Crippen molar-refractivity contribution in [3.63, 3.8) is 0 Å². The number of carbonyl (C=O) groups is 1. The zero-order valence-corrected chi connectivity index (χ0v) is 11.3. The van der Waals surface area contributed by atoms with Crippen molar-refractivity contribution in [3.05, 3.63) is 34.3 Å². The van der Waals surface area contributed by atoms with Gasteiger partial charge in [-0.05, 0) is 30.5 Å². The molecule has 0 unspecified atom stereocenters. The molecule has 2 rings (SSSR count). The van der Waals surface area contributed by atoms with Crippen LogP contribution in [0.4, 0.5) is 0 Å². The Bertz CT molecular complexity index is 416. The van der Waals surface area contributed by atoms with E-state index in [1.807, 2.05) is 12.1 Å². The van der Waals surface area contributed by atoms with Crippen LogP contribution in [0.2, 0.25) is 0 Å². The fraction of sp³-hybridized carbons (Fsp3) is 0.462. The van der Waals surface area contributed by atoms with E-state index in [2.05, 4.69) is 33.4 Å². The summed E-state index contributed by atoms with van der Waals surface area (Å²) in [6.07, 6.45) is 2.70. The lowest BCUT2D eigenvalue weighted by Gasteiger charge is -2.16. The van der Waals surface area contributed by atoms with Crippen molar-refractivity contribution < 1.29 is 4.79 Å². The molecule has 4 heteroatoms. The average molecular weight is 297 g/mol. The summed E-state index contributed by atoms with van der Waals surface area (Å²) in [5.41, 5.74) is 6.81. The topological polar surface area (TPSA) is 55.1 Å².